The van der Waals surface area contributed by atoms with Gasteiger partial charge in [0.1, 0.15) is 17.1 Å². The Kier molecular flexibility index (Phi) is 5.90. The first-order chi connectivity index (χ1) is 16.0. The first kappa shape index (κ1) is 21.7. The van der Waals surface area contributed by atoms with Gasteiger partial charge in [-0.15, -0.1) is 22.7 Å². The number of amides is 1. The van der Waals surface area contributed by atoms with Crippen LogP contribution in [0.5, 0.6) is 5.75 Å². The van der Waals surface area contributed by atoms with Gasteiger partial charge in [0.25, 0.3) is 5.56 Å². The molecule has 1 aromatic carbocycles. The van der Waals surface area contributed by atoms with Crippen LogP contribution in [0.3, 0.4) is 0 Å². The predicted molar refractivity (Wildman–Crippen MR) is 134 cm³/mol. The number of aryl methyl sites for hydroxylation is 1. The van der Waals surface area contributed by atoms with E-state index in [0.29, 0.717) is 23.3 Å². The van der Waals surface area contributed by atoms with Gasteiger partial charge in [-0.1, -0.05) is 0 Å². The fourth-order valence-corrected chi connectivity index (χ4v) is 5.96. The topological polar surface area (TPSA) is 67.7 Å². The molecule has 4 aromatic rings. The highest BCUT2D eigenvalue weighted by atomic mass is 32.1. The van der Waals surface area contributed by atoms with Crippen molar-refractivity contribution in [3.63, 3.8) is 0 Å². The number of hydrogen-bond donors (Lipinski definition) is 0. The van der Waals surface area contributed by atoms with Gasteiger partial charge in [0.05, 0.1) is 18.8 Å². The molecule has 0 unspecified atom stereocenters. The van der Waals surface area contributed by atoms with Gasteiger partial charge >= 0.3 is 0 Å². The molecule has 0 aliphatic carbocycles. The molecule has 170 valence electrons. The lowest BCUT2D eigenvalue weighted by Crippen LogP contribution is -2.50. The number of carbonyl (C=O) groups excluding carboxylic acids is 1. The lowest BCUT2D eigenvalue weighted by atomic mass is 10.2. The third-order valence-corrected chi connectivity index (χ3v) is 7.86. The number of aromatic nitrogens is 2. The number of ether oxygens (including phenoxy) is 1. The highest BCUT2D eigenvalue weighted by Gasteiger charge is 2.23. The molecule has 1 amide bonds. The van der Waals surface area contributed by atoms with E-state index in [1.807, 2.05) is 53.6 Å². The molecule has 9 heteroatoms. The van der Waals surface area contributed by atoms with Crippen LogP contribution in [0.1, 0.15) is 4.88 Å². The average Bonchev–Trinajstić information content (AvgIpc) is 3.47. The Morgan fingerprint density at radius 1 is 1.09 bits per heavy atom. The van der Waals surface area contributed by atoms with Crippen molar-refractivity contribution in [1.29, 1.82) is 0 Å². The van der Waals surface area contributed by atoms with Gasteiger partial charge in [0.15, 0.2) is 0 Å². The Bertz CT molecular complexity index is 1350. The number of anilines is 1. The number of carbonyl (C=O) groups is 1. The number of fused-ring (bicyclic) bond motifs is 1. The first-order valence-electron chi connectivity index (χ1n) is 10.7. The summed E-state index contributed by atoms with van der Waals surface area (Å²) in [5.74, 6) is 0.767. The zero-order valence-electron chi connectivity index (χ0n) is 18.5. The standard InChI is InChI=1S/C24H24N4O3S2/c1-16-3-8-20(33-16)19-14-32-23-22(19)24(30)28(15-25-23)13-21(29)27-11-9-26(10-12-27)17-4-6-18(31-2)7-5-17/h3-8,14-15H,9-13H2,1-2H3. The minimum Gasteiger partial charge on any atom is -0.497 e. The van der Waals surface area contributed by atoms with Crippen molar-refractivity contribution >= 4 is 44.5 Å². The molecule has 1 saturated heterocycles. The van der Waals surface area contributed by atoms with Crippen LogP contribution in [-0.4, -0.2) is 53.6 Å². The van der Waals surface area contributed by atoms with Crippen LogP contribution in [0.4, 0.5) is 5.69 Å². The summed E-state index contributed by atoms with van der Waals surface area (Å²) in [5, 5.41) is 2.58. The molecule has 3 aromatic heterocycles. The van der Waals surface area contributed by atoms with E-state index in [0.717, 1.165) is 35.0 Å². The molecule has 0 radical (unpaired) electrons. The number of piperazine rings is 1. The number of benzene rings is 1. The van der Waals surface area contributed by atoms with Crippen molar-refractivity contribution < 1.29 is 9.53 Å². The van der Waals surface area contributed by atoms with Gasteiger partial charge in [-0.05, 0) is 43.3 Å². The van der Waals surface area contributed by atoms with Gasteiger partial charge in [0.2, 0.25) is 5.91 Å². The van der Waals surface area contributed by atoms with E-state index in [9.17, 15) is 9.59 Å². The van der Waals surface area contributed by atoms with Crippen molar-refractivity contribution in [2.24, 2.45) is 0 Å². The minimum absolute atomic E-state index is 0.00304. The van der Waals surface area contributed by atoms with Gasteiger partial charge in [-0.3, -0.25) is 14.2 Å². The summed E-state index contributed by atoms with van der Waals surface area (Å²) in [6.45, 7) is 4.78. The molecular formula is C24H24N4O3S2. The van der Waals surface area contributed by atoms with Gasteiger partial charge in [-0.2, -0.15) is 0 Å². The molecule has 0 saturated carbocycles. The van der Waals surface area contributed by atoms with E-state index in [2.05, 4.69) is 9.88 Å². The zero-order chi connectivity index (χ0) is 22.9. The lowest BCUT2D eigenvalue weighted by molar-refractivity contribution is -0.132. The van der Waals surface area contributed by atoms with Gasteiger partial charge in [0, 0.05) is 52.6 Å². The summed E-state index contributed by atoms with van der Waals surface area (Å²) >= 11 is 3.12. The minimum atomic E-state index is -0.160. The average molecular weight is 481 g/mol. The first-order valence-corrected chi connectivity index (χ1v) is 12.4. The summed E-state index contributed by atoms with van der Waals surface area (Å²) in [6.07, 6.45) is 1.50. The highest BCUT2D eigenvalue weighted by Crippen LogP contribution is 2.34. The van der Waals surface area contributed by atoms with Crippen LogP contribution in [-0.2, 0) is 11.3 Å². The van der Waals surface area contributed by atoms with E-state index >= 15 is 0 Å². The molecule has 1 aliphatic heterocycles. The maximum atomic E-state index is 13.2. The molecular weight excluding hydrogens is 456 g/mol. The molecule has 1 aliphatic rings. The third-order valence-electron chi connectivity index (χ3n) is 5.94. The molecule has 5 rings (SSSR count). The largest absolute Gasteiger partial charge is 0.497 e. The monoisotopic (exact) mass is 480 g/mol. The fourth-order valence-electron chi connectivity index (χ4n) is 4.09. The molecule has 0 spiro atoms. The van der Waals surface area contributed by atoms with Crippen molar-refractivity contribution in [2.75, 3.05) is 38.2 Å². The smallest absolute Gasteiger partial charge is 0.263 e. The molecule has 0 bridgehead atoms. The number of rotatable bonds is 5. The summed E-state index contributed by atoms with van der Waals surface area (Å²) in [4.78, 5) is 37.7. The number of methoxy groups -OCH3 is 1. The summed E-state index contributed by atoms with van der Waals surface area (Å²) < 4.78 is 6.66. The van der Waals surface area contributed by atoms with Crippen LogP contribution < -0.4 is 15.2 Å². The summed E-state index contributed by atoms with van der Waals surface area (Å²) in [5.41, 5.74) is 1.86. The lowest BCUT2D eigenvalue weighted by Gasteiger charge is -2.36. The van der Waals surface area contributed by atoms with Crippen LogP contribution in [0, 0.1) is 6.92 Å². The highest BCUT2D eigenvalue weighted by molar-refractivity contribution is 7.19. The van der Waals surface area contributed by atoms with Crippen molar-refractivity contribution in [3.05, 3.63) is 63.3 Å². The Balaban J connectivity index is 1.29. The van der Waals surface area contributed by atoms with Crippen molar-refractivity contribution in [2.45, 2.75) is 13.5 Å². The van der Waals surface area contributed by atoms with Crippen LogP contribution in [0.2, 0.25) is 0 Å². The SMILES string of the molecule is COc1ccc(N2CCN(C(=O)Cn3cnc4scc(-c5ccc(C)s5)c4c3=O)CC2)cc1. The molecule has 0 atom stereocenters. The van der Waals surface area contributed by atoms with Crippen LogP contribution in [0.15, 0.2) is 52.9 Å². The molecule has 1 fully saturated rings. The third kappa shape index (κ3) is 4.26. The van der Waals surface area contributed by atoms with Crippen LogP contribution in [0.25, 0.3) is 20.7 Å². The number of thiophene rings is 2. The molecule has 7 nitrogen and oxygen atoms in total. The quantitative estimate of drug-likeness (QED) is 0.434. The van der Waals surface area contributed by atoms with E-state index in [1.54, 1.807) is 18.4 Å². The second-order valence-electron chi connectivity index (χ2n) is 7.98. The van der Waals surface area contributed by atoms with Gasteiger partial charge in [-0.25, -0.2) is 4.98 Å². The van der Waals surface area contributed by atoms with E-state index < -0.39 is 0 Å². The van der Waals surface area contributed by atoms with E-state index in [-0.39, 0.29) is 18.0 Å². The Morgan fingerprint density at radius 3 is 2.52 bits per heavy atom. The maximum absolute atomic E-state index is 13.2. The fraction of sp³-hybridized carbons (Fsp3) is 0.292. The zero-order valence-corrected chi connectivity index (χ0v) is 20.1. The number of nitrogens with zero attached hydrogens (tertiary/aromatic N) is 4. The van der Waals surface area contributed by atoms with E-state index in [1.165, 1.54) is 27.1 Å². The molecule has 0 N–H and O–H groups in total. The van der Waals surface area contributed by atoms with Crippen molar-refractivity contribution in [1.82, 2.24) is 14.5 Å². The van der Waals surface area contributed by atoms with Crippen molar-refractivity contribution in [3.8, 4) is 16.2 Å². The second-order valence-corrected chi connectivity index (χ2v) is 10.1. The normalized spacial score (nSPS) is 14.1. The van der Waals surface area contributed by atoms with Gasteiger partial charge < -0.3 is 14.5 Å². The predicted octanol–water partition coefficient (Wildman–Crippen LogP) is 3.85. The second kappa shape index (κ2) is 8.99. The summed E-state index contributed by atoms with van der Waals surface area (Å²) in [7, 11) is 1.65. The number of hydrogen-bond acceptors (Lipinski definition) is 7. The summed E-state index contributed by atoms with van der Waals surface area (Å²) in [6, 6.07) is 12.0. The molecule has 4 heterocycles. The Hall–Kier alpha value is -3.17. The maximum Gasteiger partial charge on any atom is 0.263 e. The Labute approximate surface area is 199 Å². The van der Waals surface area contributed by atoms with E-state index in [4.69, 9.17) is 4.74 Å². The van der Waals surface area contributed by atoms with Crippen LogP contribution >= 0.6 is 22.7 Å². The molecule has 33 heavy (non-hydrogen) atoms. The Morgan fingerprint density at radius 2 is 1.85 bits per heavy atom.